The fourth-order valence-corrected chi connectivity index (χ4v) is 3.29. The summed E-state index contributed by atoms with van der Waals surface area (Å²) >= 11 is 0. The zero-order chi connectivity index (χ0) is 19.4. The zero-order valence-electron chi connectivity index (χ0n) is 16.1. The van der Waals surface area contributed by atoms with Gasteiger partial charge in [-0.1, -0.05) is 12.1 Å². The molecule has 1 unspecified atom stereocenters. The van der Waals surface area contributed by atoms with Gasteiger partial charge in [0.05, 0.1) is 27.9 Å². The Bertz CT molecular complexity index is 808. The number of hydrogen-bond acceptors (Lipinski definition) is 5. The molecule has 0 saturated heterocycles. The minimum absolute atomic E-state index is 0.0306. The van der Waals surface area contributed by atoms with Crippen LogP contribution in [0.1, 0.15) is 28.4 Å². The van der Waals surface area contributed by atoms with Crippen LogP contribution in [0, 0.1) is 0 Å². The van der Waals surface area contributed by atoms with Crippen molar-refractivity contribution in [2.75, 3.05) is 27.9 Å². The summed E-state index contributed by atoms with van der Waals surface area (Å²) in [6.07, 6.45) is 1.68. The molecule has 1 heterocycles. The van der Waals surface area contributed by atoms with E-state index in [1.165, 1.54) is 32.5 Å². The SMILES string of the molecule is COc1cc(C(=O)NC(C)Cc2ccc3c(c2)CCO3)cc(OC)c1OC. The lowest BCUT2D eigenvalue weighted by Crippen LogP contribution is -2.34. The highest BCUT2D eigenvalue weighted by Crippen LogP contribution is 2.38. The number of amides is 1. The Morgan fingerprint density at radius 3 is 2.44 bits per heavy atom. The number of methoxy groups -OCH3 is 3. The Morgan fingerprint density at radius 1 is 1.11 bits per heavy atom. The summed E-state index contributed by atoms with van der Waals surface area (Å²) in [4.78, 5) is 12.7. The molecule has 1 N–H and O–H groups in total. The molecular weight excluding hydrogens is 346 g/mol. The Morgan fingerprint density at radius 2 is 1.81 bits per heavy atom. The van der Waals surface area contributed by atoms with Gasteiger partial charge in [-0.3, -0.25) is 4.79 Å². The van der Waals surface area contributed by atoms with Crippen molar-refractivity contribution >= 4 is 5.91 Å². The quantitative estimate of drug-likeness (QED) is 0.810. The van der Waals surface area contributed by atoms with Gasteiger partial charge in [0.25, 0.3) is 5.91 Å². The molecule has 6 heteroatoms. The molecule has 3 rings (SSSR count). The standard InChI is InChI=1S/C21H25NO5/c1-13(9-14-5-6-17-15(10-14)7-8-27-17)22-21(23)16-11-18(24-2)20(26-4)19(12-16)25-3/h5-6,10-13H,7-9H2,1-4H3,(H,22,23). The van der Waals surface area contributed by atoms with E-state index >= 15 is 0 Å². The fourth-order valence-electron chi connectivity index (χ4n) is 3.29. The lowest BCUT2D eigenvalue weighted by molar-refractivity contribution is 0.0939. The van der Waals surface area contributed by atoms with E-state index in [4.69, 9.17) is 18.9 Å². The molecule has 1 aliphatic heterocycles. The van der Waals surface area contributed by atoms with Crippen LogP contribution in [0.25, 0.3) is 0 Å². The van der Waals surface area contributed by atoms with E-state index in [1.807, 2.05) is 19.1 Å². The van der Waals surface area contributed by atoms with E-state index in [9.17, 15) is 4.79 Å². The van der Waals surface area contributed by atoms with E-state index in [0.29, 0.717) is 22.8 Å². The highest BCUT2D eigenvalue weighted by atomic mass is 16.5. The van der Waals surface area contributed by atoms with Crippen LogP contribution >= 0.6 is 0 Å². The third kappa shape index (κ3) is 4.10. The topological polar surface area (TPSA) is 66.0 Å². The summed E-state index contributed by atoms with van der Waals surface area (Å²) in [5, 5.41) is 3.03. The van der Waals surface area contributed by atoms with Crippen LogP contribution in [0.15, 0.2) is 30.3 Å². The minimum atomic E-state index is -0.189. The Labute approximate surface area is 159 Å². The van der Waals surface area contributed by atoms with Crippen molar-refractivity contribution in [1.82, 2.24) is 5.32 Å². The van der Waals surface area contributed by atoms with Crippen LogP contribution in [0.2, 0.25) is 0 Å². The van der Waals surface area contributed by atoms with Gasteiger partial charge >= 0.3 is 0 Å². The van der Waals surface area contributed by atoms with Gasteiger partial charge in [0, 0.05) is 18.0 Å². The molecule has 2 aromatic carbocycles. The second kappa shape index (κ2) is 8.20. The molecule has 0 aliphatic carbocycles. The first-order valence-corrected chi connectivity index (χ1v) is 8.91. The number of carbonyl (C=O) groups excluding carboxylic acids is 1. The number of ether oxygens (including phenoxy) is 4. The molecule has 1 atom stereocenters. The van der Waals surface area contributed by atoms with Crippen molar-refractivity contribution < 1.29 is 23.7 Å². The van der Waals surface area contributed by atoms with Crippen molar-refractivity contribution in [3.05, 3.63) is 47.0 Å². The Kier molecular flexibility index (Phi) is 5.74. The van der Waals surface area contributed by atoms with Crippen LogP contribution in [0.3, 0.4) is 0 Å². The van der Waals surface area contributed by atoms with E-state index in [0.717, 1.165) is 25.2 Å². The van der Waals surface area contributed by atoms with Gasteiger partial charge in [-0.05, 0) is 42.7 Å². The summed E-state index contributed by atoms with van der Waals surface area (Å²) in [6, 6.07) is 9.48. The molecule has 0 aromatic heterocycles. The maximum Gasteiger partial charge on any atom is 0.251 e. The first kappa shape index (κ1) is 18.9. The van der Waals surface area contributed by atoms with Crippen molar-refractivity contribution in [3.8, 4) is 23.0 Å². The van der Waals surface area contributed by atoms with Gasteiger partial charge < -0.3 is 24.3 Å². The van der Waals surface area contributed by atoms with Gasteiger partial charge in [-0.15, -0.1) is 0 Å². The summed E-state index contributed by atoms with van der Waals surface area (Å²) < 4.78 is 21.5. The molecule has 0 bridgehead atoms. The van der Waals surface area contributed by atoms with E-state index in [2.05, 4.69) is 11.4 Å². The van der Waals surface area contributed by atoms with Gasteiger partial charge in [0.2, 0.25) is 5.75 Å². The number of rotatable bonds is 7. The predicted molar refractivity (Wildman–Crippen MR) is 102 cm³/mol. The van der Waals surface area contributed by atoms with Crippen molar-refractivity contribution in [1.29, 1.82) is 0 Å². The first-order valence-electron chi connectivity index (χ1n) is 8.91. The number of nitrogens with one attached hydrogen (secondary N) is 1. The molecular formula is C21H25NO5. The highest BCUT2D eigenvalue weighted by molar-refractivity contribution is 5.95. The monoisotopic (exact) mass is 371 g/mol. The zero-order valence-corrected chi connectivity index (χ0v) is 16.1. The smallest absolute Gasteiger partial charge is 0.251 e. The molecule has 1 aliphatic rings. The molecule has 0 fully saturated rings. The number of fused-ring (bicyclic) bond motifs is 1. The largest absolute Gasteiger partial charge is 0.493 e. The van der Waals surface area contributed by atoms with Crippen LogP contribution in [0.4, 0.5) is 0 Å². The van der Waals surface area contributed by atoms with Gasteiger partial charge in [0.15, 0.2) is 11.5 Å². The van der Waals surface area contributed by atoms with Crippen LogP contribution in [-0.4, -0.2) is 39.9 Å². The summed E-state index contributed by atoms with van der Waals surface area (Å²) in [5.41, 5.74) is 2.87. The maximum atomic E-state index is 12.7. The molecule has 1 amide bonds. The summed E-state index contributed by atoms with van der Waals surface area (Å²) in [5.74, 6) is 2.14. The minimum Gasteiger partial charge on any atom is -0.493 e. The third-order valence-electron chi connectivity index (χ3n) is 4.60. The van der Waals surface area contributed by atoms with Gasteiger partial charge in [0.1, 0.15) is 5.75 Å². The number of hydrogen-bond donors (Lipinski definition) is 1. The van der Waals surface area contributed by atoms with E-state index in [1.54, 1.807) is 12.1 Å². The van der Waals surface area contributed by atoms with Gasteiger partial charge in [-0.2, -0.15) is 0 Å². The lowest BCUT2D eigenvalue weighted by Gasteiger charge is -2.17. The molecule has 0 spiro atoms. The molecule has 2 aromatic rings. The van der Waals surface area contributed by atoms with E-state index in [-0.39, 0.29) is 11.9 Å². The molecule has 0 saturated carbocycles. The summed E-state index contributed by atoms with van der Waals surface area (Å²) in [7, 11) is 4.59. The number of carbonyl (C=O) groups is 1. The maximum absolute atomic E-state index is 12.7. The third-order valence-corrected chi connectivity index (χ3v) is 4.60. The van der Waals surface area contributed by atoms with Crippen LogP contribution < -0.4 is 24.3 Å². The normalized spacial score (nSPS) is 13.3. The predicted octanol–water partition coefficient (Wildman–Crippen LogP) is 3.01. The lowest BCUT2D eigenvalue weighted by atomic mass is 10.0. The molecule has 6 nitrogen and oxygen atoms in total. The second-order valence-electron chi connectivity index (χ2n) is 6.53. The average molecular weight is 371 g/mol. The second-order valence-corrected chi connectivity index (χ2v) is 6.53. The molecule has 27 heavy (non-hydrogen) atoms. The molecule has 144 valence electrons. The summed E-state index contributed by atoms with van der Waals surface area (Å²) in [6.45, 7) is 2.73. The average Bonchev–Trinajstić information content (AvgIpc) is 3.14. The van der Waals surface area contributed by atoms with Gasteiger partial charge in [-0.25, -0.2) is 0 Å². The van der Waals surface area contributed by atoms with Crippen LogP contribution in [0.5, 0.6) is 23.0 Å². The Balaban J connectivity index is 1.71. The number of benzene rings is 2. The van der Waals surface area contributed by atoms with Crippen LogP contribution in [-0.2, 0) is 12.8 Å². The highest BCUT2D eigenvalue weighted by Gasteiger charge is 2.19. The fraction of sp³-hybridized carbons (Fsp3) is 0.381. The van der Waals surface area contributed by atoms with Crippen molar-refractivity contribution in [3.63, 3.8) is 0 Å². The van der Waals surface area contributed by atoms with Crippen molar-refractivity contribution in [2.24, 2.45) is 0 Å². The molecule has 0 radical (unpaired) electrons. The first-order chi connectivity index (χ1) is 13.0. The van der Waals surface area contributed by atoms with E-state index < -0.39 is 0 Å². The Hall–Kier alpha value is -2.89. The van der Waals surface area contributed by atoms with Crippen molar-refractivity contribution in [2.45, 2.75) is 25.8 Å².